The molecule has 1 aliphatic carbocycles. The summed E-state index contributed by atoms with van der Waals surface area (Å²) in [5, 5.41) is 16.1. The van der Waals surface area contributed by atoms with Gasteiger partial charge in [-0.15, -0.1) is 0 Å². The summed E-state index contributed by atoms with van der Waals surface area (Å²) in [5.41, 5.74) is 0.921. The minimum atomic E-state index is -0.513. The predicted octanol–water partition coefficient (Wildman–Crippen LogP) is 1.53. The molecule has 0 saturated heterocycles. The molecule has 3 unspecified atom stereocenters. The molecule has 0 spiro atoms. The maximum Gasteiger partial charge on any atom is 0.262 e. The highest BCUT2D eigenvalue weighted by Crippen LogP contribution is 2.28. The first-order valence-corrected chi connectivity index (χ1v) is 7.69. The highest BCUT2D eigenvalue weighted by Gasteiger charge is 2.28. The molecule has 3 rings (SSSR count). The number of carbonyl (C=O) groups is 1. The minimum absolute atomic E-state index is 0.116. The van der Waals surface area contributed by atoms with Crippen LogP contribution in [0, 0.1) is 5.92 Å². The number of hydrogen-bond acceptors (Lipinski definition) is 4. The SMILES string of the molecule is O=C(NCC1CCCCC1O)C1CNc2ccccc2O1. The summed E-state index contributed by atoms with van der Waals surface area (Å²) < 4.78 is 5.72. The summed E-state index contributed by atoms with van der Waals surface area (Å²) in [5.74, 6) is 0.767. The van der Waals surface area contributed by atoms with Gasteiger partial charge in [0.25, 0.3) is 5.91 Å². The Morgan fingerprint density at radius 2 is 2.14 bits per heavy atom. The van der Waals surface area contributed by atoms with E-state index in [1.165, 1.54) is 0 Å². The summed E-state index contributed by atoms with van der Waals surface area (Å²) in [6.45, 7) is 0.998. The zero-order valence-electron chi connectivity index (χ0n) is 12.0. The summed E-state index contributed by atoms with van der Waals surface area (Å²) in [4.78, 5) is 12.2. The number of benzene rings is 1. The van der Waals surface area contributed by atoms with Gasteiger partial charge in [0.05, 0.1) is 18.3 Å². The van der Waals surface area contributed by atoms with Crippen LogP contribution in [0.3, 0.4) is 0 Å². The normalized spacial score (nSPS) is 28.0. The van der Waals surface area contributed by atoms with E-state index in [1.807, 2.05) is 24.3 Å². The smallest absolute Gasteiger partial charge is 0.262 e. The van der Waals surface area contributed by atoms with Crippen molar-refractivity contribution in [2.75, 3.05) is 18.4 Å². The third-order valence-electron chi connectivity index (χ3n) is 4.33. The zero-order valence-corrected chi connectivity index (χ0v) is 12.0. The molecule has 3 N–H and O–H groups in total. The maximum absolute atomic E-state index is 12.2. The van der Waals surface area contributed by atoms with Crippen LogP contribution >= 0.6 is 0 Å². The average molecular weight is 290 g/mol. The van der Waals surface area contributed by atoms with Crippen molar-refractivity contribution in [3.8, 4) is 5.75 Å². The molecule has 1 fully saturated rings. The Morgan fingerprint density at radius 3 is 3.00 bits per heavy atom. The van der Waals surface area contributed by atoms with Gasteiger partial charge in [0.2, 0.25) is 0 Å². The van der Waals surface area contributed by atoms with Crippen LogP contribution in [0.5, 0.6) is 5.75 Å². The highest BCUT2D eigenvalue weighted by molar-refractivity contribution is 5.83. The van der Waals surface area contributed by atoms with Crippen LogP contribution in [0.25, 0.3) is 0 Å². The van der Waals surface area contributed by atoms with Crippen LogP contribution in [-0.4, -0.2) is 36.3 Å². The molecule has 1 saturated carbocycles. The molecule has 5 nitrogen and oxygen atoms in total. The number of rotatable bonds is 3. The van der Waals surface area contributed by atoms with E-state index < -0.39 is 6.10 Å². The fourth-order valence-electron chi connectivity index (χ4n) is 3.03. The first kappa shape index (κ1) is 14.2. The Labute approximate surface area is 124 Å². The van der Waals surface area contributed by atoms with Crippen molar-refractivity contribution in [3.63, 3.8) is 0 Å². The summed E-state index contributed by atoms with van der Waals surface area (Å²) in [7, 11) is 0. The van der Waals surface area contributed by atoms with E-state index in [0.717, 1.165) is 31.4 Å². The van der Waals surface area contributed by atoms with E-state index in [4.69, 9.17) is 4.74 Å². The van der Waals surface area contributed by atoms with Gasteiger partial charge in [-0.3, -0.25) is 4.79 Å². The van der Waals surface area contributed by atoms with Crippen LogP contribution in [0.1, 0.15) is 25.7 Å². The van der Waals surface area contributed by atoms with Crippen LogP contribution in [0.2, 0.25) is 0 Å². The Balaban J connectivity index is 1.52. The molecule has 114 valence electrons. The second kappa shape index (κ2) is 6.35. The fourth-order valence-corrected chi connectivity index (χ4v) is 3.03. The Bertz CT molecular complexity index is 506. The number of nitrogens with one attached hydrogen (secondary N) is 2. The standard InChI is InChI=1S/C16H22N2O3/c19-13-7-3-1-5-11(13)9-18-16(20)15-10-17-12-6-2-4-8-14(12)21-15/h2,4,6,8,11,13,15,17,19H,1,3,5,7,9-10H2,(H,18,20). The molecule has 1 aromatic carbocycles. The number of para-hydroxylation sites is 2. The molecule has 5 heteroatoms. The zero-order chi connectivity index (χ0) is 14.7. The van der Waals surface area contributed by atoms with Gasteiger partial charge in [-0.25, -0.2) is 0 Å². The van der Waals surface area contributed by atoms with Crippen molar-refractivity contribution in [2.24, 2.45) is 5.92 Å². The van der Waals surface area contributed by atoms with Gasteiger partial charge in [-0.1, -0.05) is 25.0 Å². The number of aliphatic hydroxyl groups is 1. The van der Waals surface area contributed by atoms with E-state index in [2.05, 4.69) is 10.6 Å². The second-order valence-electron chi connectivity index (χ2n) is 5.84. The van der Waals surface area contributed by atoms with Crippen molar-refractivity contribution < 1.29 is 14.6 Å². The van der Waals surface area contributed by atoms with E-state index >= 15 is 0 Å². The Hall–Kier alpha value is -1.75. The lowest BCUT2D eigenvalue weighted by molar-refractivity contribution is -0.128. The van der Waals surface area contributed by atoms with Gasteiger partial charge in [0, 0.05) is 12.5 Å². The van der Waals surface area contributed by atoms with E-state index in [1.54, 1.807) is 0 Å². The van der Waals surface area contributed by atoms with Crippen LogP contribution < -0.4 is 15.4 Å². The Morgan fingerprint density at radius 1 is 1.33 bits per heavy atom. The van der Waals surface area contributed by atoms with E-state index in [-0.39, 0.29) is 17.9 Å². The third kappa shape index (κ3) is 3.29. The number of aliphatic hydroxyl groups excluding tert-OH is 1. The van der Waals surface area contributed by atoms with Crippen molar-refractivity contribution >= 4 is 11.6 Å². The predicted molar refractivity (Wildman–Crippen MR) is 80.3 cm³/mol. The molecule has 2 aliphatic rings. The van der Waals surface area contributed by atoms with Gasteiger partial charge in [0.15, 0.2) is 6.10 Å². The summed E-state index contributed by atoms with van der Waals surface area (Å²) >= 11 is 0. The summed E-state index contributed by atoms with van der Waals surface area (Å²) in [6, 6.07) is 7.60. The maximum atomic E-state index is 12.2. The van der Waals surface area contributed by atoms with Crippen LogP contribution in [0.4, 0.5) is 5.69 Å². The van der Waals surface area contributed by atoms with Crippen molar-refractivity contribution in [1.29, 1.82) is 0 Å². The number of amides is 1. The number of ether oxygens (including phenoxy) is 1. The molecule has 1 aromatic rings. The Kier molecular flexibility index (Phi) is 4.29. The highest BCUT2D eigenvalue weighted by atomic mass is 16.5. The largest absolute Gasteiger partial charge is 0.477 e. The number of carbonyl (C=O) groups excluding carboxylic acids is 1. The van der Waals surface area contributed by atoms with Gasteiger partial charge in [-0.05, 0) is 25.0 Å². The molecule has 1 aliphatic heterocycles. The molecule has 1 amide bonds. The summed E-state index contributed by atoms with van der Waals surface area (Å²) in [6.07, 6.45) is 3.24. The number of anilines is 1. The van der Waals surface area contributed by atoms with Crippen LogP contribution in [-0.2, 0) is 4.79 Å². The van der Waals surface area contributed by atoms with Crippen molar-refractivity contribution in [2.45, 2.75) is 37.9 Å². The molecular weight excluding hydrogens is 268 g/mol. The molecule has 21 heavy (non-hydrogen) atoms. The molecule has 3 atom stereocenters. The van der Waals surface area contributed by atoms with Crippen molar-refractivity contribution in [3.05, 3.63) is 24.3 Å². The second-order valence-corrected chi connectivity index (χ2v) is 5.84. The topological polar surface area (TPSA) is 70.6 Å². The molecule has 0 aromatic heterocycles. The van der Waals surface area contributed by atoms with E-state index in [9.17, 15) is 9.90 Å². The molecule has 0 bridgehead atoms. The first-order chi connectivity index (χ1) is 10.2. The van der Waals surface area contributed by atoms with Gasteiger partial charge < -0.3 is 20.5 Å². The number of fused-ring (bicyclic) bond motifs is 1. The monoisotopic (exact) mass is 290 g/mol. The lowest BCUT2D eigenvalue weighted by atomic mass is 9.86. The quantitative estimate of drug-likeness (QED) is 0.789. The van der Waals surface area contributed by atoms with Gasteiger partial charge >= 0.3 is 0 Å². The molecule has 0 radical (unpaired) electrons. The van der Waals surface area contributed by atoms with E-state index in [0.29, 0.717) is 18.8 Å². The third-order valence-corrected chi connectivity index (χ3v) is 4.33. The van der Waals surface area contributed by atoms with Gasteiger partial charge in [0.1, 0.15) is 5.75 Å². The van der Waals surface area contributed by atoms with Gasteiger partial charge in [-0.2, -0.15) is 0 Å². The molecule has 1 heterocycles. The molecular formula is C16H22N2O3. The first-order valence-electron chi connectivity index (χ1n) is 7.69. The average Bonchev–Trinajstić information content (AvgIpc) is 2.53. The lowest BCUT2D eigenvalue weighted by Crippen LogP contribution is -2.47. The van der Waals surface area contributed by atoms with Crippen LogP contribution in [0.15, 0.2) is 24.3 Å². The number of hydrogen-bond donors (Lipinski definition) is 3. The fraction of sp³-hybridized carbons (Fsp3) is 0.562. The van der Waals surface area contributed by atoms with Crippen molar-refractivity contribution in [1.82, 2.24) is 5.32 Å². The minimum Gasteiger partial charge on any atom is -0.477 e. The lowest BCUT2D eigenvalue weighted by Gasteiger charge is -2.30.